The Bertz CT molecular complexity index is 808. The summed E-state index contributed by atoms with van der Waals surface area (Å²) < 4.78 is 21.7. The molecule has 0 aromatic heterocycles. The fourth-order valence-electron chi connectivity index (χ4n) is 2.65. The Hall–Kier alpha value is -2.95. The molecule has 0 amide bonds. The molecule has 2 aromatic rings. The molecule has 0 spiro atoms. The summed E-state index contributed by atoms with van der Waals surface area (Å²) in [4.78, 5) is 11.8. The SMILES string of the molecule is CCOc1cc(C(=CC(C)=O)c2ccc(OC)c(OC)c2)ccc1OC. The van der Waals surface area contributed by atoms with Gasteiger partial charge in [-0.3, -0.25) is 4.79 Å². The largest absolute Gasteiger partial charge is 0.493 e. The molecule has 0 atom stereocenters. The normalized spacial score (nSPS) is 11.0. The predicted octanol–water partition coefficient (Wildman–Crippen LogP) is 4.13. The third kappa shape index (κ3) is 4.36. The van der Waals surface area contributed by atoms with Crippen LogP contribution in [0.2, 0.25) is 0 Å². The van der Waals surface area contributed by atoms with Gasteiger partial charge in [0.25, 0.3) is 0 Å². The topological polar surface area (TPSA) is 54.0 Å². The van der Waals surface area contributed by atoms with Crippen molar-refractivity contribution in [2.24, 2.45) is 0 Å². The molecule has 0 heterocycles. The number of hydrogen-bond acceptors (Lipinski definition) is 5. The van der Waals surface area contributed by atoms with Crippen molar-refractivity contribution in [2.45, 2.75) is 13.8 Å². The molecule has 2 rings (SSSR count). The number of rotatable bonds is 8. The summed E-state index contributed by atoms with van der Waals surface area (Å²) in [5.74, 6) is 2.44. The summed E-state index contributed by atoms with van der Waals surface area (Å²) in [6.45, 7) is 3.95. The first-order valence-corrected chi connectivity index (χ1v) is 8.29. The molecule has 0 bridgehead atoms. The van der Waals surface area contributed by atoms with Crippen molar-refractivity contribution in [2.75, 3.05) is 27.9 Å². The number of allylic oxidation sites excluding steroid dienone is 1. The predicted molar refractivity (Wildman–Crippen MR) is 101 cm³/mol. The van der Waals surface area contributed by atoms with E-state index in [1.54, 1.807) is 27.4 Å². The second-order valence-corrected chi connectivity index (χ2v) is 5.54. The highest BCUT2D eigenvalue weighted by Crippen LogP contribution is 2.36. The summed E-state index contributed by atoms with van der Waals surface area (Å²) in [7, 11) is 4.76. The molecule has 0 aliphatic rings. The number of ether oxygens (including phenoxy) is 4. The van der Waals surface area contributed by atoms with E-state index in [2.05, 4.69) is 0 Å². The Morgan fingerprint density at radius 1 is 0.846 bits per heavy atom. The van der Waals surface area contributed by atoms with E-state index in [0.29, 0.717) is 29.6 Å². The Morgan fingerprint density at radius 2 is 1.35 bits per heavy atom. The van der Waals surface area contributed by atoms with Gasteiger partial charge >= 0.3 is 0 Å². The molecule has 0 N–H and O–H groups in total. The lowest BCUT2D eigenvalue weighted by atomic mass is 9.96. The highest BCUT2D eigenvalue weighted by molar-refractivity contribution is 5.99. The molecule has 0 fully saturated rings. The van der Waals surface area contributed by atoms with Crippen molar-refractivity contribution < 1.29 is 23.7 Å². The lowest BCUT2D eigenvalue weighted by Crippen LogP contribution is -1.99. The molecule has 0 aliphatic heterocycles. The van der Waals surface area contributed by atoms with Crippen LogP contribution in [0.5, 0.6) is 23.0 Å². The van der Waals surface area contributed by atoms with Gasteiger partial charge in [0, 0.05) is 0 Å². The minimum atomic E-state index is -0.0523. The minimum absolute atomic E-state index is 0.0523. The molecule has 0 saturated heterocycles. The van der Waals surface area contributed by atoms with Gasteiger partial charge in [-0.2, -0.15) is 0 Å². The van der Waals surface area contributed by atoms with Gasteiger partial charge in [0.15, 0.2) is 28.8 Å². The van der Waals surface area contributed by atoms with Crippen molar-refractivity contribution in [1.82, 2.24) is 0 Å². The number of benzene rings is 2. The second kappa shape index (κ2) is 8.94. The zero-order valence-electron chi connectivity index (χ0n) is 15.8. The summed E-state index contributed by atoms with van der Waals surface area (Å²) in [6, 6.07) is 11.1. The Kier molecular flexibility index (Phi) is 6.67. The van der Waals surface area contributed by atoms with Crippen LogP contribution in [-0.2, 0) is 4.79 Å². The van der Waals surface area contributed by atoms with Gasteiger partial charge in [0.2, 0.25) is 0 Å². The fourth-order valence-corrected chi connectivity index (χ4v) is 2.65. The molecule has 2 aromatic carbocycles. The van der Waals surface area contributed by atoms with E-state index < -0.39 is 0 Å². The molecular formula is C21H24O5. The van der Waals surface area contributed by atoms with Crippen molar-refractivity contribution in [3.8, 4) is 23.0 Å². The van der Waals surface area contributed by atoms with Crippen LogP contribution in [0.1, 0.15) is 25.0 Å². The van der Waals surface area contributed by atoms with Crippen LogP contribution in [0.4, 0.5) is 0 Å². The van der Waals surface area contributed by atoms with Gasteiger partial charge in [-0.05, 0) is 60.9 Å². The van der Waals surface area contributed by atoms with Gasteiger partial charge in [-0.15, -0.1) is 0 Å². The first kappa shape index (κ1) is 19.4. The number of ketones is 1. The fraction of sp³-hybridized carbons (Fsp3) is 0.286. The second-order valence-electron chi connectivity index (χ2n) is 5.54. The number of carbonyl (C=O) groups is 1. The molecule has 5 nitrogen and oxygen atoms in total. The average Bonchev–Trinajstić information content (AvgIpc) is 2.65. The van der Waals surface area contributed by atoms with Crippen LogP contribution < -0.4 is 18.9 Å². The van der Waals surface area contributed by atoms with Gasteiger partial charge in [0.05, 0.1) is 27.9 Å². The maximum absolute atomic E-state index is 11.8. The molecule has 0 saturated carbocycles. The average molecular weight is 356 g/mol. The van der Waals surface area contributed by atoms with E-state index in [1.165, 1.54) is 6.92 Å². The quantitative estimate of drug-likeness (QED) is 0.666. The van der Waals surface area contributed by atoms with Crippen LogP contribution >= 0.6 is 0 Å². The van der Waals surface area contributed by atoms with E-state index >= 15 is 0 Å². The van der Waals surface area contributed by atoms with E-state index in [9.17, 15) is 4.79 Å². The maximum Gasteiger partial charge on any atom is 0.161 e. The van der Waals surface area contributed by atoms with E-state index in [4.69, 9.17) is 18.9 Å². The molecule has 26 heavy (non-hydrogen) atoms. The summed E-state index contributed by atoms with van der Waals surface area (Å²) in [5, 5.41) is 0. The van der Waals surface area contributed by atoms with Crippen LogP contribution in [0.25, 0.3) is 5.57 Å². The zero-order valence-corrected chi connectivity index (χ0v) is 15.8. The van der Waals surface area contributed by atoms with Gasteiger partial charge < -0.3 is 18.9 Å². The van der Waals surface area contributed by atoms with Gasteiger partial charge in [-0.1, -0.05) is 12.1 Å². The van der Waals surface area contributed by atoms with Crippen molar-refractivity contribution in [1.29, 1.82) is 0 Å². The highest BCUT2D eigenvalue weighted by Gasteiger charge is 2.14. The first-order valence-electron chi connectivity index (χ1n) is 8.29. The zero-order chi connectivity index (χ0) is 19.1. The third-order valence-corrected chi connectivity index (χ3v) is 3.82. The molecule has 0 radical (unpaired) electrons. The number of methoxy groups -OCH3 is 3. The van der Waals surface area contributed by atoms with Crippen molar-refractivity contribution in [3.63, 3.8) is 0 Å². The minimum Gasteiger partial charge on any atom is -0.493 e. The van der Waals surface area contributed by atoms with Crippen LogP contribution in [0.3, 0.4) is 0 Å². The number of carbonyl (C=O) groups excluding carboxylic acids is 1. The first-order chi connectivity index (χ1) is 12.5. The number of hydrogen-bond donors (Lipinski definition) is 0. The standard InChI is InChI=1S/C21H24O5/c1-6-26-21-13-16(8-10-19(21)24-4)17(11-14(2)22)15-7-9-18(23-3)20(12-15)25-5/h7-13H,6H2,1-5H3. The van der Waals surface area contributed by atoms with E-state index in [0.717, 1.165) is 16.7 Å². The molecule has 5 heteroatoms. The molecular weight excluding hydrogens is 332 g/mol. The van der Waals surface area contributed by atoms with Gasteiger partial charge in [-0.25, -0.2) is 0 Å². The Morgan fingerprint density at radius 3 is 1.81 bits per heavy atom. The Labute approximate surface area is 154 Å². The molecule has 0 unspecified atom stereocenters. The van der Waals surface area contributed by atoms with Crippen LogP contribution in [-0.4, -0.2) is 33.7 Å². The third-order valence-electron chi connectivity index (χ3n) is 3.82. The van der Waals surface area contributed by atoms with E-state index in [-0.39, 0.29) is 5.78 Å². The summed E-state index contributed by atoms with van der Waals surface area (Å²) in [6.07, 6.45) is 1.60. The lowest BCUT2D eigenvalue weighted by molar-refractivity contribution is -0.112. The van der Waals surface area contributed by atoms with Gasteiger partial charge in [0.1, 0.15) is 0 Å². The molecule has 138 valence electrons. The van der Waals surface area contributed by atoms with E-state index in [1.807, 2.05) is 43.3 Å². The lowest BCUT2D eigenvalue weighted by Gasteiger charge is -2.15. The summed E-state index contributed by atoms with van der Waals surface area (Å²) >= 11 is 0. The Balaban J connectivity index is 2.59. The smallest absolute Gasteiger partial charge is 0.161 e. The molecule has 0 aliphatic carbocycles. The van der Waals surface area contributed by atoms with Crippen molar-refractivity contribution in [3.05, 3.63) is 53.6 Å². The highest BCUT2D eigenvalue weighted by atomic mass is 16.5. The maximum atomic E-state index is 11.8. The van der Waals surface area contributed by atoms with Crippen LogP contribution in [0.15, 0.2) is 42.5 Å². The monoisotopic (exact) mass is 356 g/mol. The van der Waals surface area contributed by atoms with Crippen molar-refractivity contribution >= 4 is 11.4 Å². The van der Waals surface area contributed by atoms with Crippen LogP contribution in [0, 0.1) is 0 Å². The summed E-state index contributed by atoms with van der Waals surface area (Å²) in [5.41, 5.74) is 2.45.